The Labute approximate surface area is 217 Å². The highest BCUT2D eigenvalue weighted by molar-refractivity contribution is 7.98. The van der Waals surface area contributed by atoms with E-state index in [0.717, 1.165) is 11.1 Å². The molecule has 190 valence electrons. The number of nitro groups is 1. The standard InChI is InChI=1S/C26H25N5O5S/c1-17-6-4-5-7-18(17)16-37-26-29-28-24(30(26)19-8-10-20(11-9-19)31(33)34)15-27-25(32)22-13-12-21(35-2)14-23(22)36-3/h4-14H,15-16H2,1-3H3,(H,27,32). The Kier molecular flexibility index (Phi) is 8.04. The van der Waals surface area contributed by atoms with Gasteiger partial charge in [-0.25, -0.2) is 0 Å². The molecule has 1 N–H and O–H groups in total. The highest BCUT2D eigenvalue weighted by Gasteiger charge is 2.19. The Hall–Kier alpha value is -4.38. The van der Waals surface area contributed by atoms with Crippen LogP contribution in [0.25, 0.3) is 5.69 Å². The summed E-state index contributed by atoms with van der Waals surface area (Å²) < 4.78 is 12.3. The first-order valence-corrected chi connectivity index (χ1v) is 12.3. The van der Waals surface area contributed by atoms with Gasteiger partial charge in [0, 0.05) is 29.6 Å². The third kappa shape index (κ3) is 5.89. The van der Waals surface area contributed by atoms with Gasteiger partial charge in [-0.05, 0) is 42.3 Å². The number of hydrogen-bond acceptors (Lipinski definition) is 8. The number of methoxy groups -OCH3 is 2. The monoisotopic (exact) mass is 519 g/mol. The van der Waals surface area contributed by atoms with E-state index in [2.05, 4.69) is 21.6 Å². The van der Waals surface area contributed by atoms with E-state index in [0.29, 0.717) is 39.5 Å². The van der Waals surface area contributed by atoms with Gasteiger partial charge in [0.1, 0.15) is 11.5 Å². The van der Waals surface area contributed by atoms with Crippen molar-refractivity contribution >= 4 is 23.4 Å². The van der Waals surface area contributed by atoms with Gasteiger partial charge in [0.15, 0.2) is 11.0 Å². The van der Waals surface area contributed by atoms with Crippen molar-refractivity contribution in [3.8, 4) is 17.2 Å². The number of nitrogens with zero attached hydrogens (tertiary/aromatic N) is 4. The summed E-state index contributed by atoms with van der Waals surface area (Å²) in [5.41, 5.74) is 3.30. The van der Waals surface area contributed by atoms with Crippen LogP contribution in [0.3, 0.4) is 0 Å². The SMILES string of the molecule is COc1ccc(C(=O)NCc2nnc(SCc3ccccc3C)n2-c2ccc([N+](=O)[O-])cc2)c(OC)c1. The van der Waals surface area contributed by atoms with Gasteiger partial charge in [-0.15, -0.1) is 10.2 Å². The number of rotatable bonds is 10. The molecule has 0 bridgehead atoms. The molecule has 1 amide bonds. The van der Waals surface area contributed by atoms with Crippen molar-refractivity contribution in [1.82, 2.24) is 20.1 Å². The molecule has 4 rings (SSSR count). The summed E-state index contributed by atoms with van der Waals surface area (Å²) in [4.78, 5) is 23.6. The lowest BCUT2D eigenvalue weighted by Gasteiger charge is -2.13. The highest BCUT2D eigenvalue weighted by atomic mass is 32.2. The second kappa shape index (κ2) is 11.6. The molecule has 0 atom stereocenters. The van der Waals surface area contributed by atoms with Crippen molar-refractivity contribution in [2.24, 2.45) is 0 Å². The smallest absolute Gasteiger partial charge is 0.269 e. The minimum Gasteiger partial charge on any atom is -0.497 e. The van der Waals surface area contributed by atoms with Crippen molar-refractivity contribution in [3.63, 3.8) is 0 Å². The van der Waals surface area contributed by atoms with E-state index < -0.39 is 4.92 Å². The number of nitro benzene ring substituents is 1. The van der Waals surface area contributed by atoms with Crippen LogP contribution in [-0.4, -0.2) is 39.8 Å². The maximum absolute atomic E-state index is 13.0. The van der Waals surface area contributed by atoms with Crippen molar-refractivity contribution in [1.29, 1.82) is 0 Å². The molecule has 3 aromatic carbocycles. The van der Waals surface area contributed by atoms with E-state index >= 15 is 0 Å². The van der Waals surface area contributed by atoms with E-state index in [1.54, 1.807) is 34.9 Å². The highest BCUT2D eigenvalue weighted by Crippen LogP contribution is 2.28. The summed E-state index contributed by atoms with van der Waals surface area (Å²) >= 11 is 1.49. The fraction of sp³-hybridized carbons (Fsp3) is 0.192. The predicted octanol–water partition coefficient (Wildman–Crippen LogP) is 4.72. The molecular weight excluding hydrogens is 494 g/mol. The quantitative estimate of drug-likeness (QED) is 0.181. The summed E-state index contributed by atoms with van der Waals surface area (Å²) in [5.74, 6) is 1.73. The van der Waals surface area contributed by atoms with Crippen LogP contribution >= 0.6 is 11.8 Å². The van der Waals surface area contributed by atoms with E-state index in [-0.39, 0.29) is 18.1 Å². The number of thioether (sulfide) groups is 1. The number of ether oxygens (including phenoxy) is 2. The van der Waals surface area contributed by atoms with Crippen LogP contribution in [0.4, 0.5) is 5.69 Å². The lowest BCUT2D eigenvalue weighted by molar-refractivity contribution is -0.384. The fourth-order valence-corrected chi connectivity index (χ4v) is 4.69. The van der Waals surface area contributed by atoms with Crippen LogP contribution in [0.5, 0.6) is 11.5 Å². The first kappa shape index (κ1) is 25.7. The van der Waals surface area contributed by atoms with Gasteiger partial charge in [-0.3, -0.25) is 19.5 Å². The zero-order valence-electron chi connectivity index (χ0n) is 20.5. The normalized spacial score (nSPS) is 10.7. The largest absolute Gasteiger partial charge is 0.497 e. The van der Waals surface area contributed by atoms with Gasteiger partial charge < -0.3 is 14.8 Å². The number of aryl methyl sites for hydroxylation is 1. The topological polar surface area (TPSA) is 121 Å². The van der Waals surface area contributed by atoms with Gasteiger partial charge >= 0.3 is 0 Å². The molecule has 4 aromatic rings. The Morgan fingerprint density at radius 2 is 1.81 bits per heavy atom. The van der Waals surface area contributed by atoms with Crippen molar-refractivity contribution in [3.05, 3.63) is 99.4 Å². The molecule has 37 heavy (non-hydrogen) atoms. The number of amides is 1. The minimum absolute atomic E-state index is 0.0209. The average Bonchev–Trinajstić information content (AvgIpc) is 3.33. The number of carbonyl (C=O) groups is 1. The summed E-state index contributed by atoms with van der Waals surface area (Å²) in [6.07, 6.45) is 0. The van der Waals surface area contributed by atoms with E-state index in [1.165, 1.54) is 38.1 Å². The van der Waals surface area contributed by atoms with Crippen LogP contribution < -0.4 is 14.8 Å². The molecular formula is C26H25N5O5S. The van der Waals surface area contributed by atoms with E-state index in [4.69, 9.17) is 9.47 Å². The third-order valence-corrected chi connectivity index (χ3v) is 6.68. The molecule has 0 saturated carbocycles. The number of hydrogen-bond donors (Lipinski definition) is 1. The molecule has 1 heterocycles. The number of aromatic nitrogens is 3. The maximum Gasteiger partial charge on any atom is 0.269 e. The van der Waals surface area contributed by atoms with Crippen LogP contribution in [0.2, 0.25) is 0 Å². The summed E-state index contributed by atoms with van der Waals surface area (Å²) in [5, 5.41) is 23.3. The second-order valence-electron chi connectivity index (χ2n) is 7.97. The molecule has 0 aliphatic carbocycles. The van der Waals surface area contributed by atoms with Gasteiger partial charge in [-0.1, -0.05) is 36.0 Å². The Morgan fingerprint density at radius 1 is 1.05 bits per heavy atom. The number of benzene rings is 3. The zero-order valence-corrected chi connectivity index (χ0v) is 21.3. The summed E-state index contributed by atoms with van der Waals surface area (Å²) in [6, 6.07) is 19.1. The predicted molar refractivity (Wildman–Crippen MR) is 139 cm³/mol. The van der Waals surface area contributed by atoms with Crippen LogP contribution in [0.15, 0.2) is 71.9 Å². The van der Waals surface area contributed by atoms with Gasteiger partial charge in [0.2, 0.25) is 0 Å². The number of nitrogens with one attached hydrogen (secondary N) is 1. The molecule has 10 nitrogen and oxygen atoms in total. The van der Waals surface area contributed by atoms with Crippen LogP contribution in [0, 0.1) is 17.0 Å². The van der Waals surface area contributed by atoms with Crippen molar-refractivity contribution in [2.45, 2.75) is 24.4 Å². The molecule has 0 aliphatic heterocycles. The van der Waals surface area contributed by atoms with Crippen molar-refractivity contribution < 1.29 is 19.2 Å². The van der Waals surface area contributed by atoms with E-state index in [1.807, 2.05) is 25.1 Å². The van der Waals surface area contributed by atoms with Gasteiger partial charge in [-0.2, -0.15) is 0 Å². The molecule has 0 aliphatic rings. The first-order valence-electron chi connectivity index (χ1n) is 11.3. The molecule has 0 saturated heterocycles. The second-order valence-corrected chi connectivity index (χ2v) is 8.91. The number of non-ortho nitro benzene ring substituents is 1. The maximum atomic E-state index is 13.0. The fourth-order valence-electron chi connectivity index (χ4n) is 3.65. The Balaban J connectivity index is 1.61. The lowest BCUT2D eigenvalue weighted by atomic mass is 10.1. The Bertz CT molecular complexity index is 1420. The van der Waals surface area contributed by atoms with Crippen LogP contribution in [0.1, 0.15) is 27.3 Å². The van der Waals surface area contributed by atoms with Crippen molar-refractivity contribution in [2.75, 3.05) is 14.2 Å². The molecule has 0 spiro atoms. The Morgan fingerprint density at radius 3 is 2.49 bits per heavy atom. The molecule has 11 heteroatoms. The average molecular weight is 520 g/mol. The zero-order chi connectivity index (χ0) is 26.4. The summed E-state index contributed by atoms with van der Waals surface area (Å²) in [6.45, 7) is 2.12. The lowest BCUT2D eigenvalue weighted by Crippen LogP contribution is -2.25. The van der Waals surface area contributed by atoms with Gasteiger partial charge in [0.25, 0.3) is 11.6 Å². The molecule has 0 unspecified atom stereocenters. The molecule has 1 aromatic heterocycles. The van der Waals surface area contributed by atoms with Crippen LogP contribution in [-0.2, 0) is 12.3 Å². The minimum atomic E-state index is -0.451. The molecule has 0 fully saturated rings. The summed E-state index contributed by atoms with van der Waals surface area (Å²) in [7, 11) is 3.02. The third-order valence-electron chi connectivity index (χ3n) is 5.70. The van der Waals surface area contributed by atoms with Gasteiger partial charge in [0.05, 0.1) is 31.3 Å². The van der Waals surface area contributed by atoms with E-state index in [9.17, 15) is 14.9 Å². The molecule has 0 radical (unpaired) electrons. The number of carbonyl (C=O) groups excluding carboxylic acids is 1. The first-order chi connectivity index (χ1) is 17.9.